The topological polar surface area (TPSA) is 80.8 Å². The number of hydrogen-bond donors (Lipinski definition) is 2. The summed E-state index contributed by atoms with van der Waals surface area (Å²) in [6.45, 7) is 0.594. The molecule has 5 nitrogen and oxygen atoms in total. The third kappa shape index (κ3) is 4.16. The molecule has 0 spiro atoms. The maximum atomic E-state index is 10.5. The van der Waals surface area contributed by atoms with Gasteiger partial charge in [0.1, 0.15) is 0 Å². The van der Waals surface area contributed by atoms with E-state index in [1.165, 1.54) is 11.3 Å². The van der Waals surface area contributed by atoms with E-state index in [0.29, 0.717) is 6.54 Å². The Kier molecular flexibility index (Phi) is 5.70. The van der Waals surface area contributed by atoms with E-state index in [-0.39, 0.29) is 36.0 Å². The molecular weight excluding hydrogens is 249 g/mol. The summed E-state index contributed by atoms with van der Waals surface area (Å²) >= 11 is 1.47. The number of rotatable bonds is 5. The Morgan fingerprint density at radius 3 is 3.00 bits per heavy atom. The first kappa shape index (κ1) is 14.2. The van der Waals surface area contributed by atoms with Gasteiger partial charge < -0.3 is 20.2 Å². The standard InChI is InChI=1S/C10H11N3O2S.Na/c14-10(15)1-7-4-16-5-9(7)12-3-8-2-11-6-13-8;/h2,4-6,12H,1,3H2,(H,11,13)(H,14,15);/q;+1/p-1. The minimum Gasteiger partial charge on any atom is -0.550 e. The number of carboxylic acids is 1. The number of aromatic amines is 1. The summed E-state index contributed by atoms with van der Waals surface area (Å²) in [6, 6.07) is 0. The molecule has 7 heteroatoms. The number of nitrogens with zero attached hydrogens (tertiary/aromatic N) is 1. The number of carbonyl (C=O) groups is 1. The van der Waals surface area contributed by atoms with Crippen LogP contribution >= 0.6 is 11.3 Å². The minimum atomic E-state index is -1.07. The predicted octanol–water partition coefficient (Wildman–Crippen LogP) is -2.62. The number of hydrogen-bond acceptors (Lipinski definition) is 5. The van der Waals surface area contributed by atoms with Crippen molar-refractivity contribution in [1.29, 1.82) is 0 Å². The Balaban J connectivity index is 0.00000144. The Labute approximate surface area is 125 Å². The molecule has 0 unspecified atom stereocenters. The van der Waals surface area contributed by atoms with Gasteiger partial charge in [-0.15, -0.1) is 11.3 Å². The van der Waals surface area contributed by atoms with Crippen molar-refractivity contribution in [2.24, 2.45) is 0 Å². The van der Waals surface area contributed by atoms with E-state index < -0.39 is 5.97 Å². The van der Waals surface area contributed by atoms with E-state index in [0.717, 1.165) is 16.9 Å². The molecule has 2 rings (SSSR count). The molecule has 0 saturated heterocycles. The van der Waals surface area contributed by atoms with Crippen LogP contribution in [0.15, 0.2) is 23.3 Å². The number of anilines is 1. The van der Waals surface area contributed by atoms with Gasteiger partial charge in [-0.05, 0) is 10.9 Å². The third-order valence-electron chi connectivity index (χ3n) is 2.10. The van der Waals surface area contributed by atoms with E-state index in [1.807, 2.05) is 10.8 Å². The maximum Gasteiger partial charge on any atom is 1.00 e. The van der Waals surface area contributed by atoms with E-state index in [2.05, 4.69) is 15.3 Å². The van der Waals surface area contributed by atoms with Gasteiger partial charge in [-0.2, -0.15) is 0 Å². The number of aromatic nitrogens is 2. The first-order valence-electron chi connectivity index (χ1n) is 4.71. The molecule has 0 amide bonds. The summed E-state index contributed by atoms with van der Waals surface area (Å²) in [6.07, 6.45) is 3.26. The molecular formula is C10H10N3NaO2S. The minimum absolute atomic E-state index is 0. The normalized spacial score (nSPS) is 9.65. The molecule has 0 aromatic carbocycles. The van der Waals surface area contributed by atoms with Crippen LogP contribution in [-0.4, -0.2) is 15.9 Å². The van der Waals surface area contributed by atoms with Gasteiger partial charge in [0, 0.05) is 29.7 Å². The molecule has 0 atom stereocenters. The number of carboxylic acid groups (broad SMARTS) is 1. The van der Waals surface area contributed by atoms with Gasteiger partial charge in [-0.1, -0.05) is 0 Å². The second-order valence-electron chi connectivity index (χ2n) is 3.29. The molecule has 0 aliphatic carbocycles. The number of imidazole rings is 1. The summed E-state index contributed by atoms with van der Waals surface area (Å²) in [5, 5.41) is 17.3. The van der Waals surface area contributed by atoms with Crippen LogP contribution in [0.3, 0.4) is 0 Å². The zero-order valence-electron chi connectivity index (χ0n) is 9.40. The fourth-order valence-electron chi connectivity index (χ4n) is 1.34. The molecule has 2 heterocycles. The second kappa shape index (κ2) is 6.80. The number of thiophene rings is 1. The van der Waals surface area contributed by atoms with Crippen molar-refractivity contribution in [2.45, 2.75) is 13.0 Å². The number of nitrogens with one attached hydrogen (secondary N) is 2. The van der Waals surface area contributed by atoms with Gasteiger partial charge in [0.05, 0.1) is 18.6 Å². The van der Waals surface area contributed by atoms with Crippen LogP contribution in [0.25, 0.3) is 0 Å². The van der Waals surface area contributed by atoms with Crippen molar-refractivity contribution in [3.8, 4) is 0 Å². The van der Waals surface area contributed by atoms with Crippen molar-refractivity contribution < 1.29 is 39.5 Å². The SMILES string of the molecule is O=C([O-])Cc1cscc1NCc1cnc[nH]1.[Na+]. The first-order valence-corrected chi connectivity index (χ1v) is 5.66. The van der Waals surface area contributed by atoms with Crippen LogP contribution in [-0.2, 0) is 17.8 Å². The zero-order valence-corrected chi connectivity index (χ0v) is 12.2. The molecule has 0 fully saturated rings. The average molecular weight is 259 g/mol. The number of aliphatic carboxylic acids is 1. The van der Waals surface area contributed by atoms with Crippen LogP contribution in [0.2, 0.25) is 0 Å². The summed E-state index contributed by atoms with van der Waals surface area (Å²) in [4.78, 5) is 17.4. The van der Waals surface area contributed by atoms with Crippen molar-refractivity contribution in [3.63, 3.8) is 0 Å². The predicted molar refractivity (Wildman–Crippen MR) is 58.9 cm³/mol. The quantitative estimate of drug-likeness (QED) is 0.576. The molecule has 17 heavy (non-hydrogen) atoms. The monoisotopic (exact) mass is 259 g/mol. The summed E-state index contributed by atoms with van der Waals surface area (Å²) < 4.78 is 0. The second-order valence-corrected chi connectivity index (χ2v) is 4.03. The third-order valence-corrected chi connectivity index (χ3v) is 2.89. The van der Waals surface area contributed by atoms with Crippen LogP contribution in [0.4, 0.5) is 5.69 Å². The van der Waals surface area contributed by atoms with Crippen LogP contribution in [0, 0.1) is 0 Å². The Morgan fingerprint density at radius 1 is 1.53 bits per heavy atom. The van der Waals surface area contributed by atoms with Gasteiger partial charge in [-0.3, -0.25) is 0 Å². The van der Waals surface area contributed by atoms with Gasteiger partial charge in [-0.25, -0.2) is 4.98 Å². The fraction of sp³-hybridized carbons (Fsp3) is 0.200. The van der Waals surface area contributed by atoms with E-state index >= 15 is 0 Å². The molecule has 0 aliphatic heterocycles. The molecule has 0 saturated carbocycles. The zero-order chi connectivity index (χ0) is 11.4. The summed E-state index contributed by atoms with van der Waals surface area (Å²) in [5.41, 5.74) is 2.54. The van der Waals surface area contributed by atoms with Gasteiger partial charge >= 0.3 is 29.6 Å². The molecule has 2 N–H and O–H groups in total. The van der Waals surface area contributed by atoms with E-state index in [4.69, 9.17) is 0 Å². The average Bonchev–Trinajstić information content (AvgIpc) is 2.84. The molecule has 0 radical (unpaired) electrons. The molecule has 0 aliphatic rings. The van der Waals surface area contributed by atoms with Gasteiger partial charge in [0.15, 0.2) is 0 Å². The van der Waals surface area contributed by atoms with Crippen LogP contribution in [0.5, 0.6) is 0 Å². The molecule has 2 aromatic heterocycles. The summed E-state index contributed by atoms with van der Waals surface area (Å²) in [5.74, 6) is -1.07. The van der Waals surface area contributed by atoms with Gasteiger partial charge in [0.25, 0.3) is 0 Å². The van der Waals surface area contributed by atoms with E-state index in [9.17, 15) is 9.90 Å². The van der Waals surface area contributed by atoms with E-state index in [1.54, 1.807) is 12.5 Å². The number of H-pyrrole nitrogens is 1. The molecule has 84 valence electrons. The van der Waals surface area contributed by atoms with Crippen molar-refractivity contribution in [1.82, 2.24) is 9.97 Å². The van der Waals surface area contributed by atoms with Crippen molar-refractivity contribution >= 4 is 23.0 Å². The largest absolute Gasteiger partial charge is 1.00 e. The number of carbonyl (C=O) groups excluding carboxylic acids is 1. The van der Waals surface area contributed by atoms with Crippen molar-refractivity contribution in [3.05, 3.63) is 34.5 Å². The van der Waals surface area contributed by atoms with Crippen LogP contribution < -0.4 is 40.0 Å². The smallest absolute Gasteiger partial charge is 0.550 e. The Hall–Kier alpha value is -0.820. The molecule has 0 bridgehead atoms. The van der Waals surface area contributed by atoms with Crippen molar-refractivity contribution in [2.75, 3.05) is 5.32 Å². The fourth-order valence-corrected chi connectivity index (χ4v) is 2.16. The van der Waals surface area contributed by atoms with Crippen LogP contribution in [0.1, 0.15) is 11.3 Å². The van der Waals surface area contributed by atoms with Gasteiger partial charge in [0.2, 0.25) is 0 Å². The molecule has 2 aromatic rings. The Bertz CT molecular complexity index is 470. The Morgan fingerprint density at radius 2 is 2.35 bits per heavy atom. The maximum absolute atomic E-state index is 10.5. The summed E-state index contributed by atoms with van der Waals surface area (Å²) in [7, 11) is 0. The first-order chi connectivity index (χ1) is 7.75.